The van der Waals surface area contributed by atoms with Crippen LogP contribution in [0, 0.1) is 5.82 Å². The van der Waals surface area contributed by atoms with E-state index in [1.165, 1.54) is 12.1 Å². The zero-order valence-electron chi connectivity index (χ0n) is 15.8. The van der Waals surface area contributed by atoms with Gasteiger partial charge in [-0.1, -0.05) is 12.1 Å². The molecule has 0 spiro atoms. The highest BCUT2D eigenvalue weighted by molar-refractivity contribution is 9.10. The summed E-state index contributed by atoms with van der Waals surface area (Å²) < 4.78 is 15.9. The molecule has 0 aliphatic carbocycles. The molecule has 0 unspecified atom stereocenters. The Morgan fingerprint density at radius 1 is 1.17 bits per heavy atom. The van der Waals surface area contributed by atoms with Crippen LogP contribution >= 0.6 is 15.9 Å². The van der Waals surface area contributed by atoms with E-state index >= 15 is 0 Å². The summed E-state index contributed by atoms with van der Waals surface area (Å²) in [6.07, 6.45) is 1.69. The van der Waals surface area contributed by atoms with E-state index in [1.54, 1.807) is 22.8 Å². The highest BCUT2D eigenvalue weighted by Gasteiger charge is 2.18. The van der Waals surface area contributed by atoms with Gasteiger partial charge in [0.1, 0.15) is 11.6 Å². The molecule has 1 aliphatic rings. The quantitative estimate of drug-likeness (QED) is 0.403. The number of hydrogen-bond donors (Lipinski definition) is 3. The fourth-order valence-corrected chi connectivity index (χ4v) is 3.61. The molecule has 12 heteroatoms. The van der Waals surface area contributed by atoms with Gasteiger partial charge in [0.2, 0.25) is 11.9 Å². The minimum Gasteiger partial charge on any atom is -0.347 e. The minimum absolute atomic E-state index is 0.323. The zero-order chi connectivity index (χ0) is 20.5. The van der Waals surface area contributed by atoms with E-state index in [-0.39, 0.29) is 5.82 Å². The number of fused-ring (bicyclic) bond motifs is 1. The molecular formula is C18H18BrFN10. The van der Waals surface area contributed by atoms with E-state index in [2.05, 4.69) is 61.7 Å². The highest BCUT2D eigenvalue weighted by atomic mass is 79.9. The van der Waals surface area contributed by atoms with Crippen molar-refractivity contribution in [2.24, 2.45) is 0 Å². The first-order chi connectivity index (χ1) is 14.7. The summed E-state index contributed by atoms with van der Waals surface area (Å²) in [4.78, 5) is 14.6. The topological polar surface area (TPSA) is 112 Å². The van der Waals surface area contributed by atoms with Crippen LogP contribution in [0.5, 0.6) is 0 Å². The molecule has 1 aromatic carbocycles. The van der Waals surface area contributed by atoms with Crippen molar-refractivity contribution in [1.29, 1.82) is 0 Å². The Kier molecular flexibility index (Phi) is 5.01. The number of nitrogens with zero attached hydrogens (tertiary/aromatic N) is 7. The largest absolute Gasteiger partial charge is 0.347 e. The third-order valence-electron chi connectivity index (χ3n) is 4.76. The maximum Gasteiger partial charge on any atom is 0.230 e. The van der Waals surface area contributed by atoms with Crippen LogP contribution in [0.15, 0.2) is 34.9 Å². The monoisotopic (exact) mass is 472 g/mol. The Morgan fingerprint density at radius 2 is 2.03 bits per heavy atom. The van der Waals surface area contributed by atoms with Crippen molar-refractivity contribution in [2.75, 3.05) is 36.4 Å². The number of anilines is 2. The molecule has 1 fully saturated rings. The molecule has 10 nitrogen and oxygen atoms in total. The van der Waals surface area contributed by atoms with Gasteiger partial charge in [-0.25, -0.2) is 4.39 Å². The molecule has 4 aromatic rings. The molecule has 1 aliphatic heterocycles. The highest BCUT2D eigenvalue weighted by Crippen LogP contribution is 2.22. The van der Waals surface area contributed by atoms with Gasteiger partial charge in [-0.05, 0) is 28.1 Å². The van der Waals surface area contributed by atoms with Crippen LogP contribution in [0.4, 0.5) is 16.3 Å². The van der Waals surface area contributed by atoms with Crippen LogP contribution in [0.3, 0.4) is 0 Å². The van der Waals surface area contributed by atoms with Crippen molar-refractivity contribution in [3.05, 3.63) is 46.6 Å². The molecule has 0 bridgehead atoms. The van der Waals surface area contributed by atoms with E-state index < -0.39 is 0 Å². The zero-order valence-corrected chi connectivity index (χ0v) is 17.4. The first-order valence-electron chi connectivity index (χ1n) is 9.46. The van der Waals surface area contributed by atoms with Gasteiger partial charge in [0.25, 0.3) is 0 Å². The van der Waals surface area contributed by atoms with Crippen LogP contribution in [-0.2, 0) is 6.54 Å². The fourth-order valence-electron chi connectivity index (χ4n) is 3.27. The fraction of sp³-hybridized carbons (Fsp3) is 0.278. The molecule has 0 amide bonds. The van der Waals surface area contributed by atoms with Crippen molar-refractivity contribution >= 4 is 33.5 Å². The lowest BCUT2D eigenvalue weighted by atomic mass is 10.2. The van der Waals surface area contributed by atoms with Crippen molar-refractivity contribution in [3.63, 3.8) is 0 Å². The summed E-state index contributed by atoms with van der Waals surface area (Å²) in [5.74, 6) is 1.96. The van der Waals surface area contributed by atoms with Gasteiger partial charge in [0, 0.05) is 31.7 Å². The lowest BCUT2D eigenvalue weighted by molar-refractivity contribution is 0.579. The van der Waals surface area contributed by atoms with Gasteiger partial charge in [-0.3, -0.25) is 0 Å². The van der Waals surface area contributed by atoms with Crippen LogP contribution in [-0.4, -0.2) is 60.9 Å². The summed E-state index contributed by atoms with van der Waals surface area (Å²) in [6.45, 7) is 3.78. The summed E-state index contributed by atoms with van der Waals surface area (Å²) in [7, 11) is 0. The number of aromatic nitrogens is 7. The van der Waals surface area contributed by atoms with Crippen LogP contribution in [0.1, 0.15) is 5.82 Å². The van der Waals surface area contributed by atoms with Gasteiger partial charge in [0.15, 0.2) is 11.5 Å². The first kappa shape index (κ1) is 18.9. The van der Waals surface area contributed by atoms with Gasteiger partial charge in [-0.2, -0.15) is 19.6 Å². The number of aromatic amines is 1. The second-order valence-corrected chi connectivity index (χ2v) is 7.65. The van der Waals surface area contributed by atoms with E-state index in [0.29, 0.717) is 41.3 Å². The Labute approximate surface area is 179 Å². The number of rotatable bonds is 5. The van der Waals surface area contributed by atoms with Gasteiger partial charge >= 0.3 is 0 Å². The molecule has 0 atom stereocenters. The molecule has 3 aromatic heterocycles. The maximum atomic E-state index is 13.5. The summed E-state index contributed by atoms with van der Waals surface area (Å²) in [6, 6.07) is 6.21. The lowest BCUT2D eigenvalue weighted by Gasteiger charge is -2.27. The van der Waals surface area contributed by atoms with Gasteiger partial charge < -0.3 is 20.5 Å². The average molecular weight is 473 g/mol. The average Bonchev–Trinajstić information content (AvgIpc) is 3.40. The smallest absolute Gasteiger partial charge is 0.230 e. The number of H-pyrrole nitrogens is 1. The molecule has 3 N–H and O–H groups in total. The third-order valence-corrected chi connectivity index (χ3v) is 5.32. The Morgan fingerprint density at radius 3 is 2.87 bits per heavy atom. The van der Waals surface area contributed by atoms with E-state index in [4.69, 9.17) is 0 Å². The third kappa shape index (κ3) is 3.71. The number of nitrogens with one attached hydrogen (secondary N) is 3. The van der Waals surface area contributed by atoms with Gasteiger partial charge in [-0.15, -0.1) is 10.2 Å². The first-order valence-corrected chi connectivity index (χ1v) is 10.2. The molecule has 0 saturated carbocycles. The normalized spacial score (nSPS) is 14.4. The number of halogens is 2. The molecule has 30 heavy (non-hydrogen) atoms. The van der Waals surface area contributed by atoms with E-state index in [9.17, 15) is 4.39 Å². The van der Waals surface area contributed by atoms with Crippen LogP contribution in [0.25, 0.3) is 17.0 Å². The second kappa shape index (κ2) is 7.95. The molecule has 4 heterocycles. The summed E-state index contributed by atoms with van der Waals surface area (Å²) >= 11 is 3.50. The predicted molar refractivity (Wildman–Crippen MR) is 113 cm³/mol. The number of piperazine rings is 1. The number of benzene rings is 1. The van der Waals surface area contributed by atoms with Crippen molar-refractivity contribution in [2.45, 2.75) is 6.54 Å². The summed E-state index contributed by atoms with van der Waals surface area (Å²) in [5, 5.41) is 19.2. The SMILES string of the molecule is Fc1cccc(-c2nnc(CNc3nc(N4CCNCC4)nc4c(Br)cnn34)[nH]2)c1. The van der Waals surface area contributed by atoms with E-state index in [1.807, 2.05) is 0 Å². The van der Waals surface area contributed by atoms with Gasteiger partial charge in [0.05, 0.1) is 17.2 Å². The van der Waals surface area contributed by atoms with Crippen LogP contribution in [0.2, 0.25) is 0 Å². The Balaban J connectivity index is 1.40. The molecule has 5 rings (SSSR count). The molecule has 0 radical (unpaired) electrons. The maximum absolute atomic E-state index is 13.5. The lowest BCUT2D eigenvalue weighted by Crippen LogP contribution is -2.44. The van der Waals surface area contributed by atoms with Crippen molar-refractivity contribution in [3.8, 4) is 11.4 Å². The van der Waals surface area contributed by atoms with E-state index in [0.717, 1.165) is 30.7 Å². The number of hydrogen-bond acceptors (Lipinski definition) is 8. The molecule has 154 valence electrons. The minimum atomic E-state index is -0.323. The standard InChI is InChI=1S/C18H18BrFN10/c19-13-9-23-30-16(13)25-18(29-6-4-21-5-7-29)26-17(30)22-10-14-24-15(28-27-14)11-2-1-3-12(20)8-11/h1-3,8-9,21H,4-7,10H2,(H,22,25,26)(H,24,27,28). The van der Waals surface area contributed by atoms with Crippen molar-refractivity contribution < 1.29 is 4.39 Å². The molecule has 1 saturated heterocycles. The Bertz CT molecular complexity index is 1180. The molecular weight excluding hydrogens is 455 g/mol. The Hall–Kier alpha value is -3.12. The predicted octanol–water partition coefficient (Wildman–Crippen LogP) is 1.83. The van der Waals surface area contributed by atoms with Crippen LogP contribution < -0.4 is 15.5 Å². The van der Waals surface area contributed by atoms with Crippen molar-refractivity contribution in [1.82, 2.24) is 40.1 Å². The summed E-state index contributed by atoms with van der Waals surface area (Å²) in [5.41, 5.74) is 1.31. The second-order valence-electron chi connectivity index (χ2n) is 6.80.